The number of nitrogens with one attached hydrogen (secondary N) is 2. The van der Waals surface area contributed by atoms with Crippen molar-refractivity contribution in [3.05, 3.63) is 54.6 Å². The predicted octanol–water partition coefficient (Wildman–Crippen LogP) is 3.29. The Morgan fingerprint density at radius 1 is 1.05 bits per heavy atom. The van der Waals surface area contributed by atoms with Gasteiger partial charge in [-0.1, -0.05) is 48.5 Å². The predicted molar refractivity (Wildman–Crippen MR) is 83.6 cm³/mol. The second-order valence-electron chi connectivity index (χ2n) is 4.67. The van der Waals surface area contributed by atoms with Crippen molar-refractivity contribution >= 4 is 11.6 Å². The Labute approximate surface area is 120 Å². The lowest BCUT2D eigenvalue weighted by molar-refractivity contribution is -0.121. The highest BCUT2D eigenvalue weighted by Crippen LogP contribution is 2.27. The van der Waals surface area contributed by atoms with Gasteiger partial charge in [0.15, 0.2) is 0 Å². The first-order chi connectivity index (χ1) is 9.72. The summed E-state index contributed by atoms with van der Waals surface area (Å²) in [6.07, 6.45) is 0. The van der Waals surface area contributed by atoms with E-state index in [0.717, 1.165) is 16.8 Å². The molecule has 0 aromatic heterocycles. The number of anilines is 1. The molecule has 2 rings (SSSR count). The summed E-state index contributed by atoms with van der Waals surface area (Å²) in [7, 11) is 0. The molecule has 3 heteroatoms. The summed E-state index contributed by atoms with van der Waals surface area (Å²) in [5, 5.41) is 6.10. The maximum Gasteiger partial charge on any atom is 0.242 e. The third kappa shape index (κ3) is 3.38. The number of hydrogen-bond acceptors (Lipinski definition) is 2. The maximum absolute atomic E-state index is 11.8. The molecule has 0 bridgehead atoms. The molecule has 2 aromatic carbocycles. The Kier molecular flexibility index (Phi) is 4.77. The quantitative estimate of drug-likeness (QED) is 0.873. The van der Waals surface area contributed by atoms with Gasteiger partial charge in [0.2, 0.25) is 5.91 Å². The van der Waals surface area contributed by atoms with Crippen LogP contribution in [0.15, 0.2) is 54.6 Å². The molecule has 1 amide bonds. The van der Waals surface area contributed by atoms with Gasteiger partial charge in [-0.2, -0.15) is 0 Å². The first-order valence-electron chi connectivity index (χ1n) is 6.91. The van der Waals surface area contributed by atoms with Crippen LogP contribution in [0.25, 0.3) is 11.1 Å². The van der Waals surface area contributed by atoms with E-state index in [9.17, 15) is 4.79 Å². The zero-order valence-electron chi connectivity index (χ0n) is 11.9. The Hall–Kier alpha value is -2.29. The lowest BCUT2D eigenvalue weighted by Crippen LogP contribution is -2.37. The second-order valence-corrected chi connectivity index (χ2v) is 4.67. The Morgan fingerprint density at radius 2 is 1.70 bits per heavy atom. The van der Waals surface area contributed by atoms with Gasteiger partial charge in [0, 0.05) is 17.8 Å². The van der Waals surface area contributed by atoms with Gasteiger partial charge in [0.05, 0.1) is 0 Å². The first-order valence-corrected chi connectivity index (χ1v) is 6.91. The van der Waals surface area contributed by atoms with E-state index in [2.05, 4.69) is 28.8 Å². The number of carbonyl (C=O) groups is 1. The molecule has 0 radical (unpaired) electrons. The van der Waals surface area contributed by atoms with Crippen LogP contribution < -0.4 is 10.6 Å². The van der Waals surface area contributed by atoms with Crippen LogP contribution in [0.5, 0.6) is 0 Å². The summed E-state index contributed by atoms with van der Waals surface area (Å²) in [4.78, 5) is 11.8. The van der Waals surface area contributed by atoms with Crippen LogP contribution in [0.2, 0.25) is 0 Å². The van der Waals surface area contributed by atoms with Gasteiger partial charge in [-0.25, -0.2) is 0 Å². The molecule has 0 spiro atoms. The molecule has 0 saturated heterocycles. The van der Waals surface area contributed by atoms with Crippen LogP contribution in [-0.4, -0.2) is 18.5 Å². The van der Waals surface area contributed by atoms with Gasteiger partial charge in [-0.15, -0.1) is 0 Å². The number of rotatable bonds is 5. The van der Waals surface area contributed by atoms with Gasteiger partial charge >= 0.3 is 0 Å². The van der Waals surface area contributed by atoms with Crippen LogP contribution in [0.3, 0.4) is 0 Å². The van der Waals surface area contributed by atoms with Crippen LogP contribution >= 0.6 is 0 Å². The minimum absolute atomic E-state index is 0.00960. The van der Waals surface area contributed by atoms with Crippen molar-refractivity contribution in [3.8, 4) is 11.1 Å². The molecule has 0 aliphatic heterocycles. The van der Waals surface area contributed by atoms with Gasteiger partial charge in [-0.3, -0.25) is 4.79 Å². The number of hydrogen-bond donors (Lipinski definition) is 2. The third-order valence-corrected chi connectivity index (χ3v) is 3.13. The normalized spacial score (nSPS) is 11.7. The van der Waals surface area contributed by atoms with Gasteiger partial charge in [0.25, 0.3) is 0 Å². The molecule has 2 N–H and O–H groups in total. The summed E-state index contributed by atoms with van der Waals surface area (Å²) >= 11 is 0. The molecule has 0 aliphatic rings. The van der Waals surface area contributed by atoms with Crippen molar-refractivity contribution in [3.63, 3.8) is 0 Å². The second kappa shape index (κ2) is 6.75. The average molecular weight is 268 g/mol. The fraction of sp³-hybridized carbons (Fsp3) is 0.235. The fourth-order valence-electron chi connectivity index (χ4n) is 2.10. The minimum Gasteiger partial charge on any atom is -0.373 e. The molecule has 1 unspecified atom stereocenters. The highest BCUT2D eigenvalue weighted by molar-refractivity contribution is 5.86. The highest BCUT2D eigenvalue weighted by atomic mass is 16.2. The van der Waals surface area contributed by atoms with E-state index in [4.69, 9.17) is 0 Å². The number of benzene rings is 2. The molecular formula is C17H20N2O. The summed E-state index contributed by atoms with van der Waals surface area (Å²) in [6.45, 7) is 4.43. The monoisotopic (exact) mass is 268 g/mol. The molecule has 104 valence electrons. The van der Waals surface area contributed by atoms with Crippen molar-refractivity contribution in [1.82, 2.24) is 5.32 Å². The summed E-state index contributed by atoms with van der Waals surface area (Å²) in [6, 6.07) is 17.9. The van der Waals surface area contributed by atoms with Gasteiger partial charge < -0.3 is 10.6 Å². The maximum atomic E-state index is 11.8. The molecule has 0 saturated carbocycles. The minimum atomic E-state index is -0.264. The van der Waals surface area contributed by atoms with Crippen molar-refractivity contribution in [1.29, 1.82) is 0 Å². The molecule has 1 atom stereocenters. The fourth-order valence-corrected chi connectivity index (χ4v) is 2.10. The highest BCUT2D eigenvalue weighted by Gasteiger charge is 2.13. The average Bonchev–Trinajstić information content (AvgIpc) is 2.49. The Balaban J connectivity index is 2.23. The van der Waals surface area contributed by atoms with E-state index in [1.165, 1.54) is 0 Å². The largest absolute Gasteiger partial charge is 0.373 e. The zero-order valence-corrected chi connectivity index (χ0v) is 11.9. The van der Waals surface area contributed by atoms with Gasteiger partial charge in [0.1, 0.15) is 6.04 Å². The van der Waals surface area contributed by atoms with Crippen LogP contribution in [0.1, 0.15) is 13.8 Å². The first kappa shape index (κ1) is 14.1. The number of amides is 1. The topological polar surface area (TPSA) is 41.1 Å². The standard InChI is InChI=1S/C17H20N2O/c1-3-18-17(20)13(2)19-16-12-8-7-11-15(16)14-9-5-4-6-10-14/h4-13,19H,3H2,1-2H3,(H,18,20). The summed E-state index contributed by atoms with van der Waals surface area (Å²) in [5.74, 6) is 0.00960. The van der Waals surface area contributed by atoms with E-state index in [0.29, 0.717) is 6.54 Å². The van der Waals surface area contributed by atoms with Crippen molar-refractivity contribution in [2.24, 2.45) is 0 Å². The number of likely N-dealkylation sites (N-methyl/N-ethyl adjacent to an activating group) is 1. The van der Waals surface area contributed by atoms with Crippen molar-refractivity contribution < 1.29 is 4.79 Å². The molecule has 3 nitrogen and oxygen atoms in total. The van der Waals surface area contributed by atoms with Gasteiger partial charge in [-0.05, 0) is 25.5 Å². The Morgan fingerprint density at radius 3 is 2.40 bits per heavy atom. The van der Waals surface area contributed by atoms with E-state index < -0.39 is 0 Å². The number of para-hydroxylation sites is 1. The van der Waals surface area contributed by atoms with Crippen LogP contribution in [0.4, 0.5) is 5.69 Å². The number of carbonyl (C=O) groups excluding carboxylic acids is 1. The SMILES string of the molecule is CCNC(=O)C(C)Nc1ccccc1-c1ccccc1. The van der Waals surface area contributed by atoms with Crippen LogP contribution in [0, 0.1) is 0 Å². The van der Waals surface area contributed by atoms with E-state index >= 15 is 0 Å². The molecule has 0 aliphatic carbocycles. The molecule has 0 heterocycles. The summed E-state index contributed by atoms with van der Waals surface area (Å²) < 4.78 is 0. The van der Waals surface area contributed by atoms with Crippen molar-refractivity contribution in [2.75, 3.05) is 11.9 Å². The lowest BCUT2D eigenvalue weighted by atomic mass is 10.0. The van der Waals surface area contributed by atoms with Crippen molar-refractivity contribution in [2.45, 2.75) is 19.9 Å². The molecular weight excluding hydrogens is 248 g/mol. The van der Waals surface area contributed by atoms with Crippen LogP contribution in [-0.2, 0) is 4.79 Å². The zero-order chi connectivity index (χ0) is 14.4. The molecule has 2 aromatic rings. The molecule has 0 fully saturated rings. The van der Waals surface area contributed by atoms with E-state index in [-0.39, 0.29) is 11.9 Å². The van der Waals surface area contributed by atoms with E-state index in [1.54, 1.807) is 0 Å². The summed E-state index contributed by atoms with van der Waals surface area (Å²) in [5.41, 5.74) is 3.21. The Bertz CT molecular complexity index is 566. The molecule has 20 heavy (non-hydrogen) atoms. The third-order valence-electron chi connectivity index (χ3n) is 3.13. The lowest BCUT2D eigenvalue weighted by Gasteiger charge is -2.17. The smallest absolute Gasteiger partial charge is 0.242 e. The van der Waals surface area contributed by atoms with E-state index in [1.807, 2.05) is 50.2 Å².